The molecule has 3 N–H and O–H groups in total. The van der Waals surface area contributed by atoms with Crippen LogP contribution in [0, 0.1) is 18.3 Å². The van der Waals surface area contributed by atoms with E-state index in [2.05, 4.69) is 20.6 Å². The topological polar surface area (TPSA) is 149 Å². The molecule has 2 atom stereocenters. The molecule has 3 rings (SSSR count). The molecule has 0 spiro atoms. The minimum atomic E-state index is -1.16. The van der Waals surface area contributed by atoms with E-state index in [1.807, 2.05) is 11.0 Å². The number of nitrogens with one attached hydrogen (secondary N) is 3. The lowest BCUT2D eigenvalue weighted by Crippen LogP contribution is -2.55. The Balaban J connectivity index is 1.80. The molecule has 1 fully saturated rings. The molecular formula is C23H28Cl2N6O5S. The molecular weight excluding hydrogens is 543 g/mol. The molecule has 37 heavy (non-hydrogen) atoms. The molecule has 0 aromatic carbocycles. The van der Waals surface area contributed by atoms with Crippen molar-refractivity contribution in [1.29, 1.82) is 5.26 Å². The smallest absolute Gasteiger partial charge is 0.350 e. The number of hydrogen-bond donors (Lipinski definition) is 3. The van der Waals surface area contributed by atoms with Crippen LogP contribution in [0.5, 0.6) is 0 Å². The quantitative estimate of drug-likeness (QED) is 0.409. The van der Waals surface area contributed by atoms with Gasteiger partial charge in [-0.2, -0.15) is 5.26 Å². The van der Waals surface area contributed by atoms with E-state index in [0.29, 0.717) is 35.4 Å². The summed E-state index contributed by atoms with van der Waals surface area (Å²) in [5, 5.41) is 15.7. The van der Waals surface area contributed by atoms with Crippen molar-refractivity contribution < 1.29 is 23.9 Å². The maximum absolute atomic E-state index is 12.9. The number of carbonyl (C=O) groups is 3. The number of methoxy groups -OCH3 is 1. The number of thiazole rings is 1. The van der Waals surface area contributed by atoms with Gasteiger partial charge in [0, 0.05) is 25.9 Å². The Morgan fingerprint density at radius 1 is 1.30 bits per heavy atom. The normalized spacial score (nSPS) is 17.7. The maximum Gasteiger partial charge on any atom is 0.350 e. The Bertz CT molecular complexity index is 1240. The molecule has 3 heterocycles. The Labute approximate surface area is 228 Å². The largest absolute Gasteiger partial charge is 0.462 e. The lowest BCUT2D eigenvalue weighted by molar-refractivity contribution is 0.0527. The third-order valence-corrected chi connectivity index (χ3v) is 7.77. The summed E-state index contributed by atoms with van der Waals surface area (Å²) >= 11 is 13.3. The van der Waals surface area contributed by atoms with Gasteiger partial charge in [-0.3, -0.25) is 9.59 Å². The van der Waals surface area contributed by atoms with E-state index < -0.39 is 29.4 Å². The second-order valence-corrected chi connectivity index (χ2v) is 10.7. The van der Waals surface area contributed by atoms with Gasteiger partial charge in [-0.25, -0.2) is 9.78 Å². The van der Waals surface area contributed by atoms with Crippen molar-refractivity contribution in [2.24, 2.45) is 0 Å². The van der Waals surface area contributed by atoms with Crippen LogP contribution in [0.25, 0.3) is 0 Å². The van der Waals surface area contributed by atoms with Gasteiger partial charge in [0.1, 0.15) is 16.1 Å². The molecule has 14 heteroatoms. The number of aromatic amines is 1. The van der Waals surface area contributed by atoms with Gasteiger partial charge >= 0.3 is 5.97 Å². The molecule has 2 aromatic heterocycles. The number of aryl methyl sites for hydroxylation is 1. The average Bonchev–Trinajstić information content (AvgIpc) is 3.42. The minimum absolute atomic E-state index is 0.0427. The number of nitriles is 1. The number of H-pyrrole nitrogens is 1. The van der Waals surface area contributed by atoms with Crippen LogP contribution >= 0.6 is 34.5 Å². The molecule has 0 bridgehead atoms. The number of aromatic nitrogens is 2. The van der Waals surface area contributed by atoms with Gasteiger partial charge in [-0.15, -0.1) is 0 Å². The molecule has 200 valence electrons. The second-order valence-electron chi connectivity index (χ2n) is 8.93. The molecule has 0 saturated carbocycles. The number of rotatable bonds is 8. The Morgan fingerprint density at radius 3 is 2.57 bits per heavy atom. The van der Waals surface area contributed by atoms with Crippen molar-refractivity contribution in [2.75, 3.05) is 31.7 Å². The van der Waals surface area contributed by atoms with E-state index in [4.69, 9.17) is 32.7 Å². The highest BCUT2D eigenvalue weighted by Crippen LogP contribution is 2.32. The summed E-state index contributed by atoms with van der Waals surface area (Å²) in [6, 6.07) is 1.65. The summed E-state index contributed by atoms with van der Waals surface area (Å²) < 4.78 is 10.8. The highest BCUT2D eigenvalue weighted by Gasteiger charge is 2.35. The molecule has 1 aliphatic rings. The zero-order valence-electron chi connectivity index (χ0n) is 21.0. The van der Waals surface area contributed by atoms with E-state index in [9.17, 15) is 19.6 Å². The Hall–Kier alpha value is -2.85. The number of hydrogen-bond acceptors (Lipinski definition) is 9. The van der Waals surface area contributed by atoms with Crippen LogP contribution in [-0.2, 0) is 9.47 Å². The molecule has 0 aliphatic carbocycles. The van der Waals surface area contributed by atoms with Crippen LogP contribution in [0.3, 0.4) is 0 Å². The van der Waals surface area contributed by atoms with Crippen molar-refractivity contribution >= 4 is 57.5 Å². The van der Waals surface area contributed by atoms with Gasteiger partial charge in [-0.1, -0.05) is 34.5 Å². The van der Waals surface area contributed by atoms with Gasteiger partial charge in [0.05, 0.1) is 34.9 Å². The number of carbonyl (C=O) groups excluding carboxylic acids is 3. The summed E-state index contributed by atoms with van der Waals surface area (Å²) in [4.78, 5) is 47.5. The lowest BCUT2D eigenvalue weighted by Gasteiger charge is -2.37. The second kappa shape index (κ2) is 11.7. The first kappa shape index (κ1) is 28.7. The average molecular weight is 571 g/mol. The number of amides is 2. The summed E-state index contributed by atoms with van der Waals surface area (Å²) in [5.41, 5.74) is -0.500. The first-order chi connectivity index (χ1) is 17.4. The number of nitrogens with zero attached hydrogens (tertiary/aromatic N) is 3. The van der Waals surface area contributed by atoms with E-state index >= 15 is 0 Å². The van der Waals surface area contributed by atoms with Crippen LogP contribution in [0.4, 0.5) is 5.13 Å². The molecule has 2 amide bonds. The van der Waals surface area contributed by atoms with Gasteiger partial charge in [0.15, 0.2) is 10.8 Å². The highest BCUT2D eigenvalue weighted by molar-refractivity contribution is 7.17. The number of anilines is 1. The number of halogens is 2. The van der Waals surface area contributed by atoms with Gasteiger partial charge in [0.25, 0.3) is 11.8 Å². The van der Waals surface area contributed by atoms with Crippen LogP contribution in [0.1, 0.15) is 63.5 Å². The van der Waals surface area contributed by atoms with Gasteiger partial charge in [0.2, 0.25) is 0 Å². The molecule has 0 radical (unpaired) electrons. The first-order valence-electron chi connectivity index (χ1n) is 11.5. The number of esters is 1. The van der Waals surface area contributed by atoms with Crippen molar-refractivity contribution in [1.82, 2.24) is 20.6 Å². The minimum Gasteiger partial charge on any atom is -0.462 e. The Kier molecular flexibility index (Phi) is 9.07. The summed E-state index contributed by atoms with van der Waals surface area (Å²) in [6.45, 7) is 7.39. The van der Waals surface area contributed by atoms with Crippen molar-refractivity contribution in [2.45, 2.75) is 51.8 Å². The van der Waals surface area contributed by atoms with Crippen molar-refractivity contribution in [3.8, 4) is 6.07 Å². The fraction of sp³-hybridized carbons (Fsp3) is 0.522. The van der Waals surface area contributed by atoms with E-state index in [1.54, 1.807) is 27.7 Å². The van der Waals surface area contributed by atoms with Crippen LogP contribution < -0.4 is 15.5 Å². The van der Waals surface area contributed by atoms with Gasteiger partial charge in [-0.05, 0) is 34.1 Å². The first-order valence-corrected chi connectivity index (χ1v) is 13.0. The van der Waals surface area contributed by atoms with Crippen LogP contribution in [0.15, 0.2) is 0 Å². The zero-order valence-corrected chi connectivity index (χ0v) is 23.4. The van der Waals surface area contributed by atoms with Crippen LogP contribution in [0.2, 0.25) is 10.0 Å². The van der Waals surface area contributed by atoms with Crippen molar-refractivity contribution in [3.63, 3.8) is 0 Å². The van der Waals surface area contributed by atoms with Gasteiger partial charge < -0.3 is 30.0 Å². The van der Waals surface area contributed by atoms with Crippen molar-refractivity contribution in [3.05, 3.63) is 32.0 Å². The maximum atomic E-state index is 12.9. The molecule has 1 aliphatic heterocycles. The molecule has 2 aromatic rings. The van der Waals surface area contributed by atoms with E-state index in [1.165, 1.54) is 7.11 Å². The number of piperidine rings is 1. The fourth-order valence-electron chi connectivity index (χ4n) is 3.77. The molecule has 0 unspecified atom stereocenters. The van der Waals surface area contributed by atoms with E-state index in [-0.39, 0.29) is 33.9 Å². The number of ether oxygens (including phenoxy) is 2. The predicted octanol–water partition coefficient (Wildman–Crippen LogP) is 3.32. The molecule has 11 nitrogen and oxygen atoms in total. The summed E-state index contributed by atoms with van der Waals surface area (Å²) in [7, 11) is 1.53. The lowest BCUT2D eigenvalue weighted by atomic mass is 10.0. The fourth-order valence-corrected chi connectivity index (χ4v) is 5.18. The monoisotopic (exact) mass is 570 g/mol. The third-order valence-electron chi connectivity index (χ3n) is 5.73. The highest BCUT2D eigenvalue weighted by atomic mass is 35.5. The third kappa shape index (κ3) is 6.35. The summed E-state index contributed by atoms with van der Waals surface area (Å²) in [5.74, 6) is -1.73. The SMILES string of the molecule is CCOC(=O)c1sc(N2CC[C@@H](NC(=O)c3[nH]c(C)c(Cl)c3Cl)[C@@H](OC)C2)nc1C(=O)NC(C)(C)C#N. The predicted molar refractivity (Wildman–Crippen MR) is 140 cm³/mol. The zero-order chi connectivity index (χ0) is 27.5. The van der Waals surface area contributed by atoms with E-state index in [0.717, 1.165) is 11.3 Å². The Morgan fingerprint density at radius 2 is 2.00 bits per heavy atom. The standard InChI is InChI=1S/C23H28Cl2N6O5S/c1-6-36-21(34)18-17(20(33)30-23(3,4)10-26)29-22(37-18)31-8-7-12(13(9-31)35-5)28-19(32)16-15(25)14(24)11(2)27-16/h12-13,27H,6-9H2,1-5H3,(H,28,32)(H,30,33)/t12-,13+/m1/s1. The van der Waals surface area contributed by atoms with Crippen LogP contribution in [-0.4, -0.2) is 72.2 Å². The molecule has 1 saturated heterocycles. The summed E-state index contributed by atoms with van der Waals surface area (Å²) in [6.07, 6.45) is 0.0693.